The summed E-state index contributed by atoms with van der Waals surface area (Å²) in [5.41, 5.74) is 1.77. The number of amides is 1. The molecule has 1 N–H and O–H groups in total. The van der Waals surface area contributed by atoms with Gasteiger partial charge >= 0.3 is 5.97 Å². The summed E-state index contributed by atoms with van der Waals surface area (Å²) >= 11 is 0. The number of carbonyl (C=O) groups is 2. The lowest BCUT2D eigenvalue weighted by molar-refractivity contribution is -0.145. The predicted molar refractivity (Wildman–Crippen MR) is 156 cm³/mol. The first-order valence-electron chi connectivity index (χ1n) is 14.3. The number of hydrogen-bond acceptors (Lipinski definition) is 8. The fourth-order valence-corrected chi connectivity index (χ4v) is 6.90. The van der Waals surface area contributed by atoms with Gasteiger partial charge in [-0.2, -0.15) is 4.31 Å². The highest BCUT2D eigenvalue weighted by atomic mass is 32.2. The van der Waals surface area contributed by atoms with Gasteiger partial charge in [-0.3, -0.25) is 4.79 Å². The second-order valence-corrected chi connectivity index (χ2v) is 12.8. The zero-order valence-electron chi connectivity index (χ0n) is 24.3. The van der Waals surface area contributed by atoms with Crippen molar-refractivity contribution in [1.82, 2.24) is 19.4 Å². The van der Waals surface area contributed by atoms with Gasteiger partial charge in [0.05, 0.1) is 18.6 Å². The van der Waals surface area contributed by atoms with Crippen LogP contribution >= 0.6 is 0 Å². The first-order chi connectivity index (χ1) is 19.7. The number of hydrogen-bond donors (Lipinski definition) is 1. The molecular formula is C30H42N4O6S. The van der Waals surface area contributed by atoms with Crippen molar-refractivity contribution in [2.75, 3.05) is 60.0 Å². The van der Waals surface area contributed by atoms with Crippen molar-refractivity contribution >= 4 is 21.9 Å². The molecule has 10 nitrogen and oxygen atoms in total. The van der Waals surface area contributed by atoms with Crippen LogP contribution in [0.25, 0.3) is 0 Å². The van der Waals surface area contributed by atoms with E-state index in [9.17, 15) is 18.0 Å². The smallest absolute Gasteiger partial charge is 0.328 e. The number of rotatable bonds is 12. The Morgan fingerprint density at radius 3 is 2.34 bits per heavy atom. The van der Waals surface area contributed by atoms with Crippen molar-refractivity contribution in [1.29, 1.82) is 0 Å². The third-order valence-electron chi connectivity index (χ3n) is 7.78. The van der Waals surface area contributed by atoms with Gasteiger partial charge in [0.2, 0.25) is 15.9 Å². The lowest BCUT2D eigenvalue weighted by atomic mass is 10.0. The maximum atomic E-state index is 13.3. The van der Waals surface area contributed by atoms with Crippen LogP contribution in [0, 0.1) is 6.92 Å². The molecule has 11 heteroatoms. The number of nitrogens with one attached hydrogen (secondary N) is 1. The molecule has 2 atom stereocenters. The predicted octanol–water partition coefficient (Wildman–Crippen LogP) is 2.06. The van der Waals surface area contributed by atoms with E-state index in [1.165, 1.54) is 11.4 Å². The molecule has 2 saturated heterocycles. The first-order valence-corrected chi connectivity index (χ1v) is 15.7. The highest BCUT2D eigenvalue weighted by Gasteiger charge is 2.40. The molecule has 0 aromatic heterocycles. The third kappa shape index (κ3) is 8.28. The van der Waals surface area contributed by atoms with E-state index >= 15 is 0 Å². The number of ether oxygens (including phenoxy) is 2. The molecule has 41 heavy (non-hydrogen) atoms. The molecule has 2 aromatic carbocycles. The Labute approximate surface area is 243 Å². The molecule has 0 aliphatic carbocycles. The molecule has 2 aliphatic rings. The lowest BCUT2D eigenvalue weighted by Crippen LogP contribution is -2.51. The second kappa shape index (κ2) is 14.3. The van der Waals surface area contributed by atoms with Crippen LogP contribution in [0.3, 0.4) is 0 Å². The number of sulfonamides is 1. The largest absolute Gasteiger partial charge is 0.494 e. The van der Waals surface area contributed by atoms with E-state index in [4.69, 9.17) is 9.47 Å². The molecule has 1 amide bonds. The average Bonchev–Trinajstić information content (AvgIpc) is 3.48. The maximum absolute atomic E-state index is 13.3. The van der Waals surface area contributed by atoms with Crippen LogP contribution in [0.2, 0.25) is 0 Å². The highest BCUT2D eigenvalue weighted by molar-refractivity contribution is 7.89. The van der Waals surface area contributed by atoms with E-state index in [2.05, 4.69) is 22.2 Å². The highest BCUT2D eigenvalue weighted by Crippen LogP contribution is 2.27. The van der Waals surface area contributed by atoms with Crippen LogP contribution in [0.15, 0.2) is 53.4 Å². The number of likely N-dealkylation sites (N-methyl/N-ethyl adjacent to an activating group) is 1. The molecule has 2 aliphatic heterocycles. The van der Waals surface area contributed by atoms with Crippen molar-refractivity contribution in [2.45, 2.75) is 49.6 Å². The molecule has 0 unspecified atom stereocenters. The Balaban J connectivity index is 1.32. The van der Waals surface area contributed by atoms with Gasteiger partial charge in [-0.1, -0.05) is 29.8 Å². The van der Waals surface area contributed by atoms with Crippen molar-refractivity contribution in [2.24, 2.45) is 0 Å². The summed E-state index contributed by atoms with van der Waals surface area (Å²) in [5, 5.41) is 2.75. The van der Waals surface area contributed by atoms with Crippen LogP contribution in [0.1, 0.15) is 30.4 Å². The molecular weight excluding hydrogens is 544 g/mol. The minimum absolute atomic E-state index is 0.147. The van der Waals surface area contributed by atoms with Crippen LogP contribution in [0.4, 0.5) is 0 Å². The SMILES string of the molecule is COC(=O)[C@H](Cc1ccc(OCCCN2CCN(C)CC2)cc1)NC(=O)[C@@H]1CCCN1S(=O)(=O)c1ccc(C)cc1. The summed E-state index contributed by atoms with van der Waals surface area (Å²) in [6.45, 7) is 8.13. The standard InChI is InChI=1S/C30H42N4O6S/c1-23-7-13-26(14-8-23)41(37,38)34-16-4-6-28(34)29(35)31-27(30(36)39-3)22-24-9-11-25(12-10-24)40-21-5-15-33-19-17-32(2)18-20-33/h7-14,27-28H,4-6,15-22H2,1-3H3,(H,31,35)/t27-,28-/m0/s1. The summed E-state index contributed by atoms with van der Waals surface area (Å²) < 4.78 is 38.7. The fraction of sp³-hybridized carbons (Fsp3) is 0.533. The summed E-state index contributed by atoms with van der Waals surface area (Å²) in [6, 6.07) is 12.2. The van der Waals surface area contributed by atoms with Gasteiger partial charge in [0.25, 0.3) is 0 Å². The van der Waals surface area contributed by atoms with Crippen LogP contribution in [0.5, 0.6) is 5.75 Å². The summed E-state index contributed by atoms with van der Waals surface area (Å²) in [7, 11) is -0.440. The van der Waals surface area contributed by atoms with E-state index in [1.807, 2.05) is 31.2 Å². The molecule has 224 valence electrons. The Hall–Kier alpha value is -2.99. The van der Waals surface area contributed by atoms with Crippen LogP contribution < -0.4 is 10.1 Å². The molecule has 2 fully saturated rings. The number of esters is 1. The normalized spacial score (nSPS) is 19.5. The number of benzene rings is 2. The van der Waals surface area contributed by atoms with E-state index in [0.717, 1.165) is 56.0 Å². The number of nitrogens with zero attached hydrogens (tertiary/aromatic N) is 3. The number of piperazine rings is 1. The molecule has 0 bridgehead atoms. The Morgan fingerprint density at radius 1 is 1.00 bits per heavy atom. The fourth-order valence-electron chi connectivity index (χ4n) is 5.25. The number of aryl methyl sites for hydroxylation is 1. The summed E-state index contributed by atoms with van der Waals surface area (Å²) in [6.07, 6.45) is 2.09. The Morgan fingerprint density at radius 2 is 1.68 bits per heavy atom. The van der Waals surface area contributed by atoms with Gasteiger partial charge in [-0.25, -0.2) is 13.2 Å². The van der Waals surface area contributed by atoms with Gasteiger partial charge in [0.1, 0.15) is 17.8 Å². The Kier molecular flexibility index (Phi) is 10.8. The van der Waals surface area contributed by atoms with Crippen molar-refractivity contribution < 1.29 is 27.5 Å². The summed E-state index contributed by atoms with van der Waals surface area (Å²) in [4.78, 5) is 30.8. The van der Waals surface area contributed by atoms with E-state index in [1.54, 1.807) is 24.3 Å². The zero-order chi connectivity index (χ0) is 29.4. The first kappa shape index (κ1) is 31.0. The monoisotopic (exact) mass is 586 g/mol. The minimum atomic E-state index is -3.86. The third-order valence-corrected chi connectivity index (χ3v) is 9.70. The minimum Gasteiger partial charge on any atom is -0.494 e. The molecule has 2 aromatic rings. The molecule has 4 rings (SSSR count). The quantitative estimate of drug-likeness (QED) is 0.298. The molecule has 0 spiro atoms. The van der Waals surface area contributed by atoms with E-state index in [-0.39, 0.29) is 17.9 Å². The van der Waals surface area contributed by atoms with Gasteiger partial charge in [-0.15, -0.1) is 0 Å². The molecule has 0 radical (unpaired) electrons. The Bertz CT molecular complexity index is 1260. The van der Waals surface area contributed by atoms with Gasteiger partial charge < -0.3 is 24.6 Å². The molecule has 0 saturated carbocycles. The van der Waals surface area contributed by atoms with Crippen molar-refractivity contribution in [3.63, 3.8) is 0 Å². The van der Waals surface area contributed by atoms with E-state index in [0.29, 0.717) is 19.4 Å². The number of methoxy groups -OCH3 is 1. The number of carbonyl (C=O) groups excluding carboxylic acids is 2. The van der Waals surface area contributed by atoms with Gasteiger partial charge in [0.15, 0.2) is 0 Å². The van der Waals surface area contributed by atoms with Gasteiger partial charge in [0, 0.05) is 45.7 Å². The topological polar surface area (TPSA) is 108 Å². The van der Waals surface area contributed by atoms with Crippen LogP contribution in [-0.4, -0.2) is 107 Å². The van der Waals surface area contributed by atoms with Gasteiger partial charge in [-0.05, 0) is 63.1 Å². The average molecular weight is 587 g/mol. The van der Waals surface area contributed by atoms with Crippen LogP contribution in [-0.2, 0) is 30.8 Å². The summed E-state index contributed by atoms with van der Waals surface area (Å²) in [5.74, 6) is -0.351. The second-order valence-electron chi connectivity index (χ2n) is 10.9. The van der Waals surface area contributed by atoms with Crippen molar-refractivity contribution in [3.8, 4) is 5.75 Å². The van der Waals surface area contributed by atoms with E-state index < -0.39 is 34.0 Å². The zero-order valence-corrected chi connectivity index (χ0v) is 25.1. The lowest BCUT2D eigenvalue weighted by Gasteiger charge is -2.32. The maximum Gasteiger partial charge on any atom is 0.328 e. The molecule has 2 heterocycles. The van der Waals surface area contributed by atoms with Crippen molar-refractivity contribution in [3.05, 3.63) is 59.7 Å².